The zero-order valence-electron chi connectivity index (χ0n) is 13.4. The zero-order chi connectivity index (χ0) is 16.1. The van der Waals surface area contributed by atoms with Crippen molar-refractivity contribution in [1.29, 1.82) is 0 Å². The highest BCUT2D eigenvalue weighted by Gasteiger charge is 2.33. The van der Waals surface area contributed by atoms with Gasteiger partial charge in [0.25, 0.3) is 0 Å². The molecule has 0 N–H and O–H groups in total. The smallest absolute Gasteiger partial charge is 0.178 e. The van der Waals surface area contributed by atoms with Crippen molar-refractivity contribution in [3.8, 4) is 0 Å². The van der Waals surface area contributed by atoms with Crippen LogP contribution in [0, 0.1) is 0 Å². The maximum absolute atomic E-state index is 4.75. The first-order valence-electron chi connectivity index (χ1n) is 8.22. The molecule has 1 saturated carbocycles. The van der Waals surface area contributed by atoms with Crippen molar-refractivity contribution in [2.45, 2.75) is 31.3 Å². The summed E-state index contributed by atoms with van der Waals surface area (Å²) in [6.07, 6.45) is 4.05. The maximum atomic E-state index is 4.75. The van der Waals surface area contributed by atoms with E-state index in [9.17, 15) is 0 Å². The molecule has 9 nitrogen and oxygen atoms in total. The molecule has 0 spiro atoms. The summed E-state index contributed by atoms with van der Waals surface area (Å²) in [5.41, 5.74) is 1.68. The molecule has 9 heteroatoms. The topological polar surface area (TPSA) is 88.5 Å². The van der Waals surface area contributed by atoms with Gasteiger partial charge in [0.05, 0.1) is 6.20 Å². The van der Waals surface area contributed by atoms with E-state index in [1.165, 1.54) is 12.8 Å². The second-order valence-corrected chi connectivity index (χ2v) is 6.67. The third-order valence-electron chi connectivity index (χ3n) is 4.84. The molecule has 4 heterocycles. The van der Waals surface area contributed by atoms with Crippen LogP contribution in [0.2, 0.25) is 0 Å². The van der Waals surface area contributed by atoms with Crippen LogP contribution in [0.25, 0.3) is 5.65 Å². The Hall–Kier alpha value is -2.55. The van der Waals surface area contributed by atoms with Gasteiger partial charge in [-0.15, -0.1) is 15.3 Å². The summed E-state index contributed by atoms with van der Waals surface area (Å²) < 4.78 is 6.55. The van der Waals surface area contributed by atoms with Crippen molar-refractivity contribution in [3.05, 3.63) is 29.8 Å². The van der Waals surface area contributed by atoms with E-state index in [0.717, 1.165) is 42.6 Å². The quantitative estimate of drug-likeness (QED) is 0.677. The van der Waals surface area contributed by atoms with E-state index in [0.29, 0.717) is 12.0 Å². The highest BCUT2D eigenvalue weighted by Crippen LogP contribution is 2.38. The number of nitrogens with zero attached hydrogens (tertiary/aromatic N) is 8. The van der Waals surface area contributed by atoms with E-state index in [1.807, 2.05) is 16.6 Å². The van der Waals surface area contributed by atoms with Gasteiger partial charge >= 0.3 is 0 Å². The largest absolute Gasteiger partial charge is 0.352 e. The molecule has 0 bridgehead atoms. The minimum absolute atomic E-state index is 0.475. The average molecular weight is 326 g/mol. The van der Waals surface area contributed by atoms with E-state index in [1.54, 1.807) is 6.20 Å². The lowest BCUT2D eigenvalue weighted by Gasteiger charge is -2.44. The van der Waals surface area contributed by atoms with Crippen molar-refractivity contribution >= 4 is 11.5 Å². The molecule has 5 rings (SSSR count). The lowest BCUT2D eigenvalue weighted by atomic mass is 10.1. The van der Waals surface area contributed by atoms with Crippen LogP contribution in [0.4, 0.5) is 5.82 Å². The summed E-state index contributed by atoms with van der Waals surface area (Å²) in [5, 5.41) is 20.8. The fourth-order valence-corrected chi connectivity index (χ4v) is 3.12. The normalized spacial score (nSPS) is 18.5. The van der Waals surface area contributed by atoms with Gasteiger partial charge < -0.3 is 4.90 Å². The Balaban J connectivity index is 1.28. The first kappa shape index (κ1) is 13.8. The second kappa shape index (κ2) is 5.23. The van der Waals surface area contributed by atoms with Gasteiger partial charge in [0, 0.05) is 31.6 Å². The van der Waals surface area contributed by atoms with E-state index in [-0.39, 0.29) is 0 Å². The molecular weight excluding hydrogens is 308 g/mol. The van der Waals surface area contributed by atoms with Crippen LogP contribution in [-0.2, 0) is 6.54 Å². The van der Waals surface area contributed by atoms with Gasteiger partial charge in [-0.2, -0.15) is 4.52 Å². The number of likely N-dealkylation sites (N-methyl/N-ethyl adjacent to an activating group) is 1. The SMILES string of the molecule is CN(Cc1cnon1)C1CN(c2ccc3nnc(C4CC4)n3n2)C1. The van der Waals surface area contributed by atoms with E-state index < -0.39 is 0 Å². The van der Waals surface area contributed by atoms with Gasteiger partial charge in [-0.05, 0) is 32.0 Å². The molecule has 0 unspecified atom stereocenters. The maximum Gasteiger partial charge on any atom is 0.178 e. The minimum Gasteiger partial charge on any atom is -0.352 e. The number of fused-ring (bicyclic) bond motifs is 1. The number of hydrogen-bond acceptors (Lipinski definition) is 8. The van der Waals surface area contributed by atoms with Gasteiger partial charge in [0.15, 0.2) is 11.5 Å². The molecule has 0 radical (unpaired) electrons. The molecule has 2 aliphatic rings. The van der Waals surface area contributed by atoms with Crippen LogP contribution >= 0.6 is 0 Å². The lowest BCUT2D eigenvalue weighted by Crippen LogP contribution is -2.58. The van der Waals surface area contributed by atoms with Gasteiger partial charge in [-0.3, -0.25) is 4.90 Å². The Bertz CT molecular complexity index is 850. The molecule has 1 saturated heterocycles. The van der Waals surface area contributed by atoms with Crippen molar-refractivity contribution in [3.63, 3.8) is 0 Å². The van der Waals surface area contributed by atoms with Gasteiger partial charge in [-0.1, -0.05) is 10.3 Å². The van der Waals surface area contributed by atoms with Crippen molar-refractivity contribution in [1.82, 2.24) is 35.0 Å². The van der Waals surface area contributed by atoms with Gasteiger partial charge in [0.2, 0.25) is 0 Å². The van der Waals surface area contributed by atoms with Crippen LogP contribution in [0.5, 0.6) is 0 Å². The standard InChI is InChI=1S/C15H18N8O/c1-21(7-11-6-16-24-20-11)12-8-22(9-12)14-5-4-13-17-18-15(10-2-3-10)23(13)19-14/h4-6,10,12H,2-3,7-9H2,1H3. The van der Waals surface area contributed by atoms with Crippen LogP contribution in [0.3, 0.4) is 0 Å². The number of hydrogen-bond donors (Lipinski definition) is 0. The van der Waals surface area contributed by atoms with Crippen LogP contribution < -0.4 is 4.90 Å². The monoisotopic (exact) mass is 326 g/mol. The van der Waals surface area contributed by atoms with E-state index in [2.05, 4.69) is 42.0 Å². The fraction of sp³-hybridized carbons (Fsp3) is 0.533. The highest BCUT2D eigenvalue weighted by molar-refractivity contribution is 5.48. The van der Waals surface area contributed by atoms with Crippen LogP contribution in [0.15, 0.2) is 23.0 Å². The Morgan fingerprint density at radius 1 is 1.25 bits per heavy atom. The first-order valence-corrected chi connectivity index (χ1v) is 8.22. The fourth-order valence-electron chi connectivity index (χ4n) is 3.12. The predicted molar refractivity (Wildman–Crippen MR) is 84.5 cm³/mol. The van der Waals surface area contributed by atoms with Crippen LogP contribution in [-0.4, -0.2) is 61.2 Å². The summed E-state index contributed by atoms with van der Waals surface area (Å²) >= 11 is 0. The number of rotatable bonds is 5. The van der Waals surface area contributed by atoms with Gasteiger partial charge in [0.1, 0.15) is 11.5 Å². The Labute approximate surface area is 138 Å². The van der Waals surface area contributed by atoms with Crippen molar-refractivity contribution in [2.75, 3.05) is 25.0 Å². The highest BCUT2D eigenvalue weighted by atomic mass is 16.6. The third-order valence-corrected chi connectivity index (χ3v) is 4.84. The molecule has 0 atom stereocenters. The molecule has 3 aromatic rings. The molecule has 24 heavy (non-hydrogen) atoms. The molecule has 0 amide bonds. The van der Waals surface area contributed by atoms with E-state index >= 15 is 0 Å². The second-order valence-electron chi connectivity index (χ2n) is 6.67. The Morgan fingerprint density at radius 3 is 2.88 bits per heavy atom. The van der Waals surface area contributed by atoms with Gasteiger partial charge in [-0.25, -0.2) is 4.63 Å². The van der Waals surface area contributed by atoms with E-state index in [4.69, 9.17) is 5.10 Å². The summed E-state index contributed by atoms with van der Waals surface area (Å²) in [6, 6.07) is 4.50. The number of aromatic nitrogens is 6. The Morgan fingerprint density at radius 2 is 2.12 bits per heavy atom. The molecule has 1 aliphatic carbocycles. The lowest BCUT2D eigenvalue weighted by molar-refractivity contribution is 0.190. The average Bonchev–Trinajstić information content (AvgIpc) is 3.08. The minimum atomic E-state index is 0.475. The first-order chi connectivity index (χ1) is 11.8. The summed E-state index contributed by atoms with van der Waals surface area (Å²) in [6.45, 7) is 2.63. The molecule has 1 aliphatic heterocycles. The summed E-state index contributed by atoms with van der Waals surface area (Å²) in [5.74, 6) is 2.52. The molecule has 124 valence electrons. The Kier molecular flexibility index (Phi) is 3.02. The number of anilines is 1. The summed E-state index contributed by atoms with van der Waals surface area (Å²) in [7, 11) is 2.10. The molecular formula is C15H18N8O. The predicted octanol–water partition coefficient (Wildman–Crippen LogP) is 0.705. The van der Waals surface area contributed by atoms with Crippen molar-refractivity contribution < 1.29 is 4.63 Å². The molecule has 2 fully saturated rings. The van der Waals surface area contributed by atoms with Crippen LogP contribution in [0.1, 0.15) is 30.3 Å². The molecule has 3 aromatic heterocycles. The van der Waals surface area contributed by atoms with Crippen molar-refractivity contribution in [2.24, 2.45) is 0 Å². The zero-order valence-corrected chi connectivity index (χ0v) is 13.4. The third kappa shape index (κ3) is 2.32. The summed E-state index contributed by atoms with van der Waals surface area (Å²) in [4.78, 5) is 4.54. The molecule has 0 aromatic carbocycles.